The molecule has 2 rings (SSSR count). The van der Waals surface area contributed by atoms with Crippen molar-refractivity contribution in [1.82, 2.24) is 4.90 Å². The van der Waals surface area contributed by atoms with Gasteiger partial charge in [-0.15, -0.1) is 0 Å². The maximum absolute atomic E-state index is 2.57. The summed E-state index contributed by atoms with van der Waals surface area (Å²) in [5.74, 6) is 1.52. The Kier molecular flexibility index (Phi) is 3.65. The summed E-state index contributed by atoms with van der Waals surface area (Å²) in [5.41, 5.74) is 2.94. The second kappa shape index (κ2) is 5.01. The highest BCUT2D eigenvalue weighted by molar-refractivity contribution is 5.25. The molecule has 1 aliphatic heterocycles. The second-order valence-corrected chi connectivity index (χ2v) is 5.53. The van der Waals surface area contributed by atoms with Crippen LogP contribution in [-0.4, -0.2) is 18.0 Å². The predicted octanol–water partition coefficient (Wildman–Crippen LogP) is 3.65. The SMILES string of the molecule is CC1CCN(Cc2cccc(C(C)C)c2)C1. The van der Waals surface area contributed by atoms with Crippen LogP contribution in [-0.2, 0) is 6.54 Å². The Hall–Kier alpha value is -0.820. The Morgan fingerprint density at radius 3 is 2.81 bits per heavy atom. The van der Waals surface area contributed by atoms with E-state index in [1.807, 2.05) is 0 Å². The first-order valence-corrected chi connectivity index (χ1v) is 6.46. The van der Waals surface area contributed by atoms with Gasteiger partial charge in [0.2, 0.25) is 0 Å². The molecule has 0 aromatic heterocycles. The summed E-state index contributed by atoms with van der Waals surface area (Å²) in [6.45, 7) is 10.5. The lowest BCUT2D eigenvalue weighted by molar-refractivity contribution is 0.320. The van der Waals surface area contributed by atoms with Crippen LogP contribution in [0.2, 0.25) is 0 Å². The van der Waals surface area contributed by atoms with Gasteiger partial charge < -0.3 is 0 Å². The highest BCUT2D eigenvalue weighted by Gasteiger charge is 2.18. The summed E-state index contributed by atoms with van der Waals surface area (Å²) in [7, 11) is 0. The first kappa shape index (κ1) is 11.7. The highest BCUT2D eigenvalue weighted by Crippen LogP contribution is 2.20. The highest BCUT2D eigenvalue weighted by atomic mass is 15.1. The van der Waals surface area contributed by atoms with Crippen molar-refractivity contribution in [3.63, 3.8) is 0 Å². The summed E-state index contributed by atoms with van der Waals surface area (Å²) >= 11 is 0. The zero-order chi connectivity index (χ0) is 11.5. The molecule has 1 aliphatic rings. The van der Waals surface area contributed by atoms with Crippen LogP contribution in [0.4, 0.5) is 0 Å². The molecule has 1 aromatic rings. The molecule has 1 atom stereocenters. The maximum atomic E-state index is 2.57. The van der Waals surface area contributed by atoms with Gasteiger partial charge in [-0.25, -0.2) is 0 Å². The lowest BCUT2D eigenvalue weighted by atomic mass is 10.0. The molecule has 0 aliphatic carbocycles. The van der Waals surface area contributed by atoms with Gasteiger partial charge in [0.05, 0.1) is 0 Å². The fourth-order valence-corrected chi connectivity index (χ4v) is 2.48. The molecule has 1 fully saturated rings. The van der Waals surface area contributed by atoms with Gasteiger partial charge in [-0.3, -0.25) is 4.90 Å². The largest absolute Gasteiger partial charge is 0.299 e. The van der Waals surface area contributed by atoms with Crippen molar-refractivity contribution in [1.29, 1.82) is 0 Å². The van der Waals surface area contributed by atoms with E-state index in [0.717, 1.165) is 12.5 Å². The van der Waals surface area contributed by atoms with Crippen molar-refractivity contribution in [2.75, 3.05) is 13.1 Å². The minimum atomic E-state index is 0.637. The number of nitrogens with zero attached hydrogens (tertiary/aromatic N) is 1. The van der Waals surface area contributed by atoms with Gasteiger partial charge in [0.25, 0.3) is 0 Å². The zero-order valence-corrected chi connectivity index (χ0v) is 10.7. The molecule has 1 nitrogen and oxygen atoms in total. The van der Waals surface area contributed by atoms with E-state index in [9.17, 15) is 0 Å². The molecular formula is C15H23N. The van der Waals surface area contributed by atoms with Gasteiger partial charge in [-0.2, -0.15) is 0 Å². The smallest absolute Gasteiger partial charge is 0.0233 e. The van der Waals surface area contributed by atoms with Crippen LogP contribution < -0.4 is 0 Å². The van der Waals surface area contributed by atoms with E-state index in [4.69, 9.17) is 0 Å². The summed E-state index contributed by atoms with van der Waals surface area (Å²) in [6, 6.07) is 9.06. The lowest BCUT2D eigenvalue weighted by Crippen LogP contribution is -2.19. The zero-order valence-electron chi connectivity index (χ0n) is 10.7. The Balaban J connectivity index is 2.01. The molecule has 1 saturated heterocycles. The number of rotatable bonds is 3. The van der Waals surface area contributed by atoms with Crippen LogP contribution in [0.5, 0.6) is 0 Å². The summed E-state index contributed by atoms with van der Waals surface area (Å²) in [4.78, 5) is 2.57. The van der Waals surface area contributed by atoms with Gasteiger partial charge in [0, 0.05) is 13.1 Å². The van der Waals surface area contributed by atoms with E-state index in [0.29, 0.717) is 5.92 Å². The Morgan fingerprint density at radius 2 is 2.19 bits per heavy atom. The molecule has 1 unspecified atom stereocenters. The van der Waals surface area contributed by atoms with Gasteiger partial charge in [-0.05, 0) is 35.9 Å². The average molecular weight is 217 g/mol. The monoisotopic (exact) mass is 217 g/mol. The van der Waals surface area contributed by atoms with E-state index < -0.39 is 0 Å². The van der Waals surface area contributed by atoms with Crippen molar-refractivity contribution in [3.8, 4) is 0 Å². The normalized spacial score (nSPS) is 21.9. The summed E-state index contributed by atoms with van der Waals surface area (Å²) < 4.78 is 0. The summed E-state index contributed by atoms with van der Waals surface area (Å²) in [6.07, 6.45) is 1.36. The third-order valence-electron chi connectivity index (χ3n) is 3.53. The molecule has 1 heterocycles. The quantitative estimate of drug-likeness (QED) is 0.747. The summed E-state index contributed by atoms with van der Waals surface area (Å²) in [5, 5.41) is 0. The van der Waals surface area contributed by atoms with Gasteiger partial charge in [0.15, 0.2) is 0 Å². The van der Waals surface area contributed by atoms with Crippen molar-refractivity contribution in [3.05, 3.63) is 35.4 Å². The minimum Gasteiger partial charge on any atom is -0.299 e. The third kappa shape index (κ3) is 2.85. The number of hydrogen-bond acceptors (Lipinski definition) is 1. The number of likely N-dealkylation sites (tertiary alicyclic amines) is 1. The van der Waals surface area contributed by atoms with Crippen LogP contribution in [0.25, 0.3) is 0 Å². The molecular weight excluding hydrogens is 194 g/mol. The Labute approximate surface area is 99.5 Å². The third-order valence-corrected chi connectivity index (χ3v) is 3.53. The van der Waals surface area contributed by atoms with E-state index in [2.05, 4.69) is 49.9 Å². The van der Waals surface area contributed by atoms with E-state index in [1.165, 1.54) is 30.6 Å². The Bertz CT molecular complexity index is 343. The molecule has 0 saturated carbocycles. The van der Waals surface area contributed by atoms with Crippen LogP contribution >= 0.6 is 0 Å². The fraction of sp³-hybridized carbons (Fsp3) is 0.600. The van der Waals surface area contributed by atoms with Crippen LogP contribution in [0.15, 0.2) is 24.3 Å². The predicted molar refractivity (Wildman–Crippen MR) is 69.6 cm³/mol. The Morgan fingerprint density at radius 1 is 1.38 bits per heavy atom. The molecule has 0 amide bonds. The molecule has 0 bridgehead atoms. The van der Waals surface area contributed by atoms with Crippen molar-refractivity contribution >= 4 is 0 Å². The van der Waals surface area contributed by atoms with E-state index >= 15 is 0 Å². The standard InChI is InChI=1S/C15H23N/c1-12(2)15-6-4-5-14(9-15)11-16-8-7-13(3)10-16/h4-6,9,12-13H,7-8,10-11H2,1-3H3. The van der Waals surface area contributed by atoms with Crippen LogP contribution in [0.1, 0.15) is 44.2 Å². The number of hydrogen-bond donors (Lipinski definition) is 0. The molecule has 0 N–H and O–H groups in total. The van der Waals surface area contributed by atoms with Gasteiger partial charge in [-0.1, -0.05) is 45.0 Å². The molecule has 0 radical (unpaired) electrons. The van der Waals surface area contributed by atoms with Crippen molar-refractivity contribution < 1.29 is 0 Å². The minimum absolute atomic E-state index is 0.637. The van der Waals surface area contributed by atoms with E-state index in [1.54, 1.807) is 0 Å². The molecule has 1 heteroatoms. The fourth-order valence-electron chi connectivity index (χ4n) is 2.48. The lowest BCUT2D eigenvalue weighted by Gasteiger charge is -2.16. The first-order valence-electron chi connectivity index (χ1n) is 6.46. The van der Waals surface area contributed by atoms with Crippen molar-refractivity contribution in [2.24, 2.45) is 5.92 Å². The number of benzene rings is 1. The van der Waals surface area contributed by atoms with Gasteiger partial charge >= 0.3 is 0 Å². The van der Waals surface area contributed by atoms with Crippen LogP contribution in [0.3, 0.4) is 0 Å². The molecule has 16 heavy (non-hydrogen) atoms. The molecule has 88 valence electrons. The average Bonchev–Trinajstić information content (AvgIpc) is 2.64. The van der Waals surface area contributed by atoms with Crippen molar-refractivity contribution in [2.45, 2.75) is 39.7 Å². The maximum Gasteiger partial charge on any atom is 0.0233 e. The molecule has 1 aromatic carbocycles. The first-order chi connectivity index (χ1) is 7.65. The van der Waals surface area contributed by atoms with Crippen LogP contribution in [0, 0.1) is 5.92 Å². The topological polar surface area (TPSA) is 3.24 Å². The molecule has 0 spiro atoms. The second-order valence-electron chi connectivity index (χ2n) is 5.53. The van der Waals surface area contributed by atoms with Gasteiger partial charge in [0.1, 0.15) is 0 Å². The van der Waals surface area contributed by atoms with E-state index in [-0.39, 0.29) is 0 Å².